The van der Waals surface area contributed by atoms with Crippen LogP contribution < -0.4 is 5.32 Å². The van der Waals surface area contributed by atoms with Crippen molar-refractivity contribution in [2.75, 3.05) is 6.54 Å². The highest BCUT2D eigenvalue weighted by Gasteiger charge is 2.13. The number of benzene rings is 1. The molecule has 1 aromatic rings. The van der Waals surface area contributed by atoms with Gasteiger partial charge in [-0.15, -0.1) is 0 Å². The monoisotopic (exact) mass is 387 g/mol. The smallest absolute Gasteiger partial charge is 0.244 e. The van der Waals surface area contributed by atoms with Gasteiger partial charge in [0.2, 0.25) is 11.0 Å². The molecule has 0 aliphatic heterocycles. The number of hydrogen-bond acceptors (Lipinski definition) is 3. The predicted octanol–water partition coefficient (Wildman–Crippen LogP) is 5.86. The molecule has 0 heterocycles. The largest absolute Gasteiger partial charge is 0.353 e. The van der Waals surface area contributed by atoms with Crippen LogP contribution in [0.15, 0.2) is 29.7 Å². The average molecular weight is 388 g/mol. The lowest BCUT2D eigenvalue weighted by molar-refractivity contribution is -0.116. The highest BCUT2D eigenvalue weighted by atomic mass is 35.5. The van der Waals surface area contributed by atoms with Crippen molar-refractivity contribution in [3.05, 3.63) is 45.3 Å². The predicted molar refractivity (Wildman–Crippen MR) is 104 cm³/mol. The van der Waals surface area contributed by atoms with Gasteiger partial charge in [0.25, 0.3) is 0 Å². The number of nitrogens with one attached hydrogen (secondary N) is 1. The first kappa shape index (κ1) is 21.1. The Hall–Kier alpha value is -0.970. The molecule has 1 rings (SSSR count). The van der Waals surface area contributed by atoms with Crippen LogP contribution in [-0.2, 0) is 4.79 Å². The van der Waals surface area contributed by atoms with E-state index in [2.05, 4.69) is 12.2 Å². The van der Waals surface area contributed by atoms with E-state index in [4.69, 9.17) is 23.2 Å². The number of carbonyl (C=O) groups excluding carboxylic acids is 2. The molecule has 132 valence electrons. The fourth-order valence-electron chi connectivity index (χ4n) is 2.09. The molecular formula is C18H23Cl2NO2S. The van der Waals surface area contributed by atoms with Crippen molar-refractivity contribution in [2.24, 2.45) is 0 Å². The molecule has 0 atom stereocenters. The number of hydrogen-bond donors (Lipinski definition) is 1. The van der Waals surface area contributed by atoms with Crippen LogP contribution >= 0.6 is 35.0 Å². The number of amides is 1. The van der Waals surface area contributed by atoms with Crippen LogP contribution in [0.25, 0.3) is 0 Å². The zero-order valence-electron chi connectivity index (χ0n) is 13.8. The minimum Gasteiger partial charge on any atom is -0.353 e. The Morgan fingerprint density at radius 1 is 1.08 bits per heavy atom. The molecule has 0 aliphatic carbocycles. The van der Waals surface area contributed by atoms with E-state index in [1.807, 2.05) is 0 Å². The van der Waals surface area contributed by atoms with E-state index in [-0.39, 0.29) is 16.6 Å². The summed E-state index contributed by atoms with van der Waals surface area (Å²) in [7, 11) is 0. The summed E-state index contributed by atoms with van der Waals surface area (Å²) in [6.07, 6.45) is 8.43. The van der Waals surface area contributed by atoms with Gasteiger partial charge >= 0.3 is 0 Å². The quantitative estimate of drug-likeness (QED) is 0.404. The van der Waals surface area contributed by atoms with Crippen LogP contribution in [0.2, 0.25) is 10.0 Å². The summed E-state index contributed by atoms with van der Waals surface area (Å²) in [6, 6.07) is 4.90. The Labute approximate surface area is 158 Å². The van der Waals surface area contributed by atoms with E-state index in [1.54, 1.807) is 18.2 Å². The lowest BCUT2D eigenvalue weighted by Crippen LogP contribution is -2.21. The second-order valence-corrected chi connectivity index (χ2v) is 7.06. The minimum absolute atomic E-state index is 0.200. The van der Waals surface area contributed by atoms with E-state index in [0.717, 1.165) is 24.6 Å². The van der Waals surface area contributed by atoms with E-state index in [0.29, 0.717) is 16.6 Å². The van der Waals surface area contributed by atoms with Crippen molar-refractivity contribution in [2.45, 2.75) is 45.4 Å². The SMILES string of the molecule is CCCCCCCCNC(=O)/C=C\SC(=O)c1c(Cl)cccc1Cl. The summed E-state index contributed by atoms with van der Waals surface area (Å²) in [6.45, 7) is 2.85. The molecule has 0 bridgehead atoms. The van der Waals surface area contributed by atoms with Crippen LogP contribution in [-0.4, -0.2) is 17.6 Å². The van der Waals surface area contributed by atoms with Gasteiger partial charge in [-0.2, -0.15) is 0 Å². The first-order valence-electron chi connectivity index (χ1n) is 8.15. The maximum atomic E-state index is 12.1. The molecule has 0 saturated carbocycles. The third kappa shape index (κ3) is 8.22. The number of thioether (sulfide) groups is 1. The molecule has 1 aromatic carbocycles. The lowest BCUT2D eigenvalue weighted by atomic mass is 10.1. The summed E-state index contributed by atoms with van der Waals surface area (Å²) < 4.78 is 0. The average Bonchev–Trinajstić information content (AvgIpc) is 2.54. The summed E-state index contributed by atoms with van der Waals surface area (Å²) >= 11 is 12.8. The Kier molecular flexibility index (Phi) is 10.9. The molecule has 24 heavy (non-hydrogen) atoms. The van der Waals surface area contributed by atoms with Gasteiger partial charge in [-0.1, -0.05) is 80.1 Å². The second kappa shape index (κ2) is 12.4. The van der Waals surface area contributed by atoms with E-state index in [1.165, 1.54) is 37.2 Å². The first-order chi connectivity index (χ1) is 11.6. The Balaban J connectivity index is 2.26. The molecule has 1 N–H and O–H groups in total. The number of rotatable bonds is 10. The van der Waals surface area contributed by atoms with Gasteiger partial charge in [-0.05, 0) is 24.0 Å². The van der Waals surface area contributed by atoms with Crippen LogP contribution in [0.5, 0.6) is 0 Å². The molecule has 0 aromatic heterocycles. The number of unbranched alkanes of at least 4 members (excludes halogenated alkanes) is 5. The zero-order valence-corrected chi connectivity index (χ0v) is 16.1. The Morgan fingerprint density at radius 2 is 1.71 bits per heavy atom. The molecule has 0 spiro atoms. The molecule has 1 amide bonds. The van der Waals surface area contributed by atoms with Gasteiger partial charge < -0.3 is 5.32 Å². The van der Waals surface area contributed by atoms with Crippen LogP contribution in [0.1, 0.15) is 55.8 Å². The van der Waals surface area contributed by atoms with Crippen molar-refractivity contribution >= 4 is 46.0 Å². The third-order valence-electron chi connectivity index (χ3n) is 3.39. The minimum atomic E-state index is -0.287. The molecule has 0 radical (unpaired) electrons. The van der Waals surface area contributed by atoms with Gasteiger partial charge in [-0.3, -0.25) is 9.59 Å². The molecule has 0 unspecified atom stereocenters. The molecular weight excluding hydrogens is 365 g/mol. The summed E-state index contributed by atoms with van der Waals surface area (Å²) in [5.41, 5.74) is 0.267. The maximum Gasteiger partial charge on any atom is 0.244 e. The fraction of sp³-hybridized carbons (Fsp3) is 0.444. The molecule has 0 aliphatic rings. The highest BCUT2D eigenvalue weighted by Crippen LogP contribution is 2.28. The number of carbonyl (C=O) groups is 2. The molecule has 0 fully saturated rings. The van der Waals surface area contributed by atoms with Crippen molar-refractivity contribution in [1.29, 1.82) is 0 Å². The summed E-state index contributed by atoms with van der Waals surface area (Å²) in [5, 5.41) is 4.59. The van der Waals surface area contributed by atoms with E-state index in [9.17, 15) is 9.59 Å². The van der Waals surface area contributed by atoms with Crippen molar-refractivity contribution in [1.82, 2.24) is 5.32 Å². The van der Waals surface area contributed by atoms with Crippen LogP contribution in [0.4, 0.5) is 0 Å². The van der Waals surface area contributed by atoms with Gasteiger partial charge in [0, 0.05) is 12.6 Å². The highest BCUT2D eigenvalue weighted by molar-refractivity contribution is 8.16. The third-order valence-corrected chi connectivity index (χ3v) is 4.71. The zero-order chi connectivity index (χ0) is 17.8. The lowest BCUT2D eigenvalue weighted by Gasteiger charge is -2.03. The van der Waals surface area contributed by atoms with Crippen molar-refractivity contribution in [3.8, 4) is 0 Å². The second-order valence-electron chi connectivity index (χ2n) is 5.36. The molecule has 3 nitrogen and oxygen atoms in total. The molecule has 0 saturated heterocycles. The summed E-state index contributed by atoms with van der Waals surface area (Å²) in [4.78, 5) is 23.7. The van der Waals surface area contributed by atoms with E-state index < -0.39 is 0 Å². The Morgan fingerprint density at radius 3 is 2.38 bits per heavy atom. The van der Waals surface area contributed by atoms with Gasteiger partial charge in [0.15, 0.2) is 0 Å². The number of halogens is 2. The standard InChI is InChI=1S/C18H23Cl2NO2S/c1-2-3-4-5-6-7-12-21-16(22)11-13-24-18(23)17-14(19)9-8-10-15(17)20/h8-11,13H,2-7,12H2,1H3,(H,21,22)/b13-11-. The van der Waals surface area contributed by atoms with E-state index >= 15 is 0 Å². The van der Waals surface area contributed by atoms with Gasteiger partial charge in [-0.25, -0.2) is 0 Å². The Bertz CT molecular complexity index is 556. The van der Waals surface area contributed by atoms with Crippen molar-refractivity contribution in [3.63, 3.8) is 0 Å². The van der Waals surface area contributed by atoms with Gasteiger partial charge in [0.05, 0.1) is 15.6 Å². The fourth-order valence-corrected chi connectivity index (χ4v) is 3.42. The maximum absolute atomic E-state index is 12.1. The summed E-state index contributed by atoms with van der Waals surface area (Å²) in [5.74, 6) is -0.200. The van der Waals surface area contributed by atoms with Crippen LogP contribution in [0, 0.1) is 0 Å². The molecule has 6 heteroatoms. The normalized spacial score (nSPS) is 11.0. The first-order valence-corrected chi connectivity index (χ1v) is 9.79. The topological polar surface area (TPSA) is 46.2 Å². The van der Waals surface area contributed by atoms with Gasteiger partial charge in [0.1, 0.15) is 0 Å². The van der Waals surface area contributed by atoms with Crippen molar-refractivity contribution < 1.29 is 9.59 Å². The van der Waals surface area contributed by atoms with Crippen LogP contribution in [0.3, 0.4) is 0 Å².